The van der Waals surface area contributed by atoms with Crippen molar-refractivity contribution in [3.05, 3.63) is 0 Å². The van der Waals surface area contributed by atoms with Crippen LogP contribution in [0.2, 0.25) is 0 Å². The maximum absolute atomic E-state index is 12.2. The molecule has 120 valence electrons. The minimum atomic E-state index is -0.894. The molecule has 1 N–H and O–H groups in total. The Morgan fingerprint density at radius 3 is 1.90 bits per heavy atom. The summed E-state index contributed by atoms with van der Waals surface area (Å²) < 4.78 is 0. The van der Waals surface area contributed by atoms with Crippen LogP contribution in [0.4, 0.5) is 4.79 Å². The van der Waals surface area contributed by atoms with Crippen molar-refractivity contribution in [2.45, 2.75) is 26.7 Å². The van der Waals surface area contributed by atoms with Gasteiger partial charge in [-0.05, 0) is 5.41 Å². The zero-order valence-corrected chi connectivity index (χ0v) is 13.3. The minimum Gasteiger partial charge on any atom is -0.481 e. The molecular formula is C14H25N3O4. The molecule has 0 saturated carbocycles. The number of hydrogen-bond acceptors (Lipinski definition) is 3. The van der Waals surface area contributed by atoms with Crippen LogP contribution in [0.3, 0.4) is 0 Å². The molecule has 0 aromatic heterocycles. The number of carbonyl (C=O) groups is 3. The molecule has 1 aliphatic heterocycles. The lowest BCUT2D eigenvalue weighted by molar-refractivity contribution is -0.141. The second-order valence-electron chi connectivity index (χ2n) is 6.46. The molecule has 0 spiro atoms. The number of hydrogen-bond donors (Lipinski definition) is 1. The molecule has 1 rings (SSSR count). The number of carbonyl (C=O) groups excluding carboxylic acids is 2. The average molecular weight is 299 g/mol. The average Bonchev–Trinajstić information content (AvgIpc) is 2.35. The minimum absolute atomic E-state index is 0.0299. The van der Waals surface area contributed by atoms with Crippen LogP contribution in [0.1, 0.15) is 26.7 Å². The van der Waals surface area contributed by atoms with Gasteiger partial charge in [0.05, 0.1) is 6.42 Å². The third-order valence-electron chi connectivity index (χ3n) is 3.55. The molecule has 0 aromatic carbocycles. The largest absolute Gasteiger partial charge is 0.481 e. The summed E-state index contributed by atoms with van der Waals surface area (Å²) in [6, 6.07) is -0.0479. The standard InChI is InChI=1S/C14H25N3O4/c1-14(2,10-12(19)20)9-11(18)16-5-7-17(8-6-16)13(21)15(3)4/h5-10H2,1-4H3,(H,19,20). The van der Waals surface area contributed by atoms with Gasteiger partial charge >= 0.3 is 12.0 Å². The van der Waals surface area contributed by atoms with Gasteiger partial charge in [-0.25, -0.2) is 4.79 Å². The van der Waals surface area contributed by atoms with E-state index < -0.39 is 11.4 Å². The summed E-state index contributed by atoms with van der Waals surface area (Å²) in [4.78, 5) is 39.8. The van der Waals surface area contributed by atoms with Crippen LogP contribution in [0.15, 0.2) is 0 Å². The third-order valence-corrected chi connectivity index (χ3v) is 3.55. The molecule has 0 aliphatic carbocycles. The molecule has 0 unspecified atom stereocenters. The van der Waals surface area contributed by atoms with Crippen LogP contribution in [-0.4, -0.2) is 78.0 Å². The van der Waals surface area contributed by atoms with Crippen molar-refractivity contribution in [1.29, 1.82) is 0 Å². The third kappa shape index (κ3) is 5.24. The lowest BCUT2D eigenvalue weighted by atomic mass is 9.85. The van der Waals surface area contributed by atoms with E-state index in [1.807, 2.05) is 0 Å². The summed E-state index contributed by atoms with van der Waals surface area (Å²) in [7, 11) is 3.41. The van der Waals surface area contributed by atoms with Crippen LogP contribution in [0, 0.1) is 5.41 Å². The molecule has 7 nitrogen and oxygen atoms in total. The number of carboxylic acid groups (broad SMARTS) is 1. The maximum Gasteiger partial charge on any atom is 0.319 e. The van der Waals surface area contributed by atoms with Gasteiger partial charge in [-0.1, -0.05) is 13.8 Å². The summed E-state index contributed by atoms with van der Waals surface area (Å²) in [5, 5.41) is 8.85. The van der Waals surface area contributed by atoms with Crippen molar-refractivity contribution in [2.24, 2.45) is 5.41 Å². The van der Waals surface area contributed by atoms with Gasteiger partial charge < -0.3 is 19.8 Å². The van der Waals surface area contributed by atoms with Crippen LogP contribution >= 0.6 is 0 Å². The van der Waals surface area contributed by atoms with Gasteiger partial charge in [-0.15, -0.1) is 0 Å². The van der Waals surface area contributed by atoms with E-state index in [-0.39, 0.29) is 24.8 Å². The SMILES string of the molecule is CN(C)C(=O)N1CCN(C(=O)CC(C)(C)CC(=O)O)CC1. The van der Waals surface area contributed by atoms with Gasteiger partial charge in [0.15, 0.2) is 0 Å². The fourth-order valence-electron chi connectivity index (χ4n) is 2.42. The van der Waals surface area contributed by atoms with Crippen molar-refractivity contribution in [1.82, 2.24) is 14.7 Å². The molecule has 1 heterocycles. The molecule has 1 saturated heterocycles. The number of piperazine rings is 1. The first kappa shape index (κ1) is 17.3. The molecule has 0 radical (unpaired) electrons. The topological polar surface area (TPSA) is 81.2 Å². The first-order chi connectivity index (χ1) is 9.62. The Morgan fingerprint density at radius 1 is 1.00 bits per heavy atom. The molecule has 1 aliphatic rings. The summed E-state index contributed by atoms with van der Waals surface area (Å²) in [5.74, 6) is -0.938. The van der Waals surface area contributed by atoms with Crippen LogP contribution in [0.25, 0.3) is 0 Å². The molecule has 7 heteroatoms. The lowest BCUT2D eigenvalue weighted by Crippen LogP contribution is -2.53. The second kappa shape index (κ2) is 6.78. The monoisotopic (exact) mass is 299 g/mol. The summed E-state index contributed by atoms with van der Waals surface area (Å²) in [6.45, 7) is 5.60. The van der Waals surface area contributed by atoms with Gasteiger partial charge in [0.2, 0.25) is 5.91 Å². The Morgan fingerprint density at radius 2 is 1.48 bits per heavy atom. The summed E-state index contributed by atoms with van der Waals surface area (Å²) in [6.07, 6.45) is 0.179. The van der Waals surface area contributed by atoms with Gasteiger partial charge in [0.1, 0.15) is 0 Å². The zero-order chi connectivity index (χ0) is 16.2. The van der Waals surface area contributed by atoms with Crippen molar-refractivity contribution < 1.29 is 19.5 Å². The maximum atomic E-state index is 12.2. The Kier molecular flexibility index (Phi) is 5.57. The first-order valence-electron chi connectivity index (χ1n) is 7.08. The number of amides is 3. The van der Waals surface area contributed by atoms with E-state index in [4.69, 9.17) is 5.11 Å². The predicted molar refractivity (Wildman–Crippen MR) is 77.9 cm³/mol. The van der Waals surface area contributed by atoms with E-state index in [1.54, 1.807) is 37.7 Å². The number of carboxylic acids is 1. The van der Waals surface area contributed by atoms with E-state index in [0.29, 0.717) is 26.2 Å². The van der Waals surface area contributed by atoms with E-state index in [1.165, 1.54) is 4.90 Å². The zero-order valence-electron chi connectivity index (χ0n) is 13.3. The van der Waals surface area contributed by atoms with Crippen molar-refractivity contribution in [2.75, 3.05) is 40.3 Å². The quantitative estimate of drug-likeness (QED) is 0.828. The Labute approximate surface area is 125 Å². The van der Waals surface area contributed by atoms with Gasteiger partial charge in [0, 0.05) is 46.7 Å². The van der Waals surface area contributed by atoms with Gasteiger partial charge in [-0.3, -0.25) is 9.59 Å². The Hall–Kier alpha value is -1.79. The Bertz CT molecular complexity index is 412. The van der Waals surface area contributed by atoms with Crippen molar-refractivity contribution in [3.63, 3.8) is 0 Å². The van der Waals surface area contributed by atoms with Crippen LogP contribution in [-0.2, 0) is 9.59 Å². The molecule has 0 aromatic rings. The van der Waals surface area contributed by atoms with Gasteiger partial charge in [0.25, 0.3) is 0 Å². The summed E-state index contributed by atoms with van der Waals surface area (Å²) >= 11 is 0. The van der Waals surface area contributed by atoms with E-state index >= 15 is 0 Å². The number of aliphatic carboxylic acids is 1. The molecule has 21 heavy (non-hydrogen) atoms. The normalized spacial score (nSPS) is 15.8. The molecule has 1 fully saturated rings. The summed E-state index contributed by atoms with van der Waals surface area (Å²) in [5.41, 5.74) is -0.556. The van der Waals surface area contributed by atoms with Crippen molar-refractivity contribution >= 4 is 17.9 Å². The fourth-order valence-corrected chi connectivity index (χ4v) is 2.42. The van der Waals surface area contributed by atoms with Crippen molar-refractivity contribution in [3.8, 4) is 0 Å². The molecule has 0 atom stereocenters. The molecular weight excluding hydrogens is 274 g/mol. The van der Waals surface area contributed by atoms with Crippen LogP contribution in [0.5, 0.6) is 0 Å². The molecule has 3 amide bonds. The highest BCUT2D eigenvalue weighted by Crippen LogP contribution is 2.26. The first-order valence-corrected chi connectivity index (χ1v) is 7.08. The highest BCUT2D eigenvalue weighted by molar-refractivity contribution is 5.79. The highest BCUT2D eigenvalue weighted by Gasteiger charge is 2.30. The number of nitrogens with zero attached hydrogens (tertiary/aromatic N) is 3. The number of rotatable bonds is 4. The van der Waals surface area contributed by atoms with E-state index in [9.17, 15) is 14.4 Å². The Balaban J connectivity index is 2.49. The fraction of sp³-hybridized carbons (Fsp3) is 0.786. The second-order valence-corrected chi connectivity index (χ2v) is 6.46. The predicted octanol–water partition coefficient (Wildman–Crippen LogP) is 0.703. The molecule has 0 bridgehead atoms. The van der Waals surface area contributed by atoms with Gasteiger partial charge in [-0.2, -0.15) is 0 Å². The van der Waals surface area contributed by atoms with E-state index in [2.05, 4.69) is 0 Å². The van der Waals surface area contributed by atoms with Crippen LogP contribution < -0.4 is 0 Å². The highest BCUT2D eigenvalue weighted by atomic mass is 16.4. The van der Waals surface area contributed by atoms with E-state index in [0.717, 1.165) is 0 Å². The number of urea groups is 1. The lowest BCUT2D eigenvalue weighted by Gasteiger charge is -2.37. The smallest absolute Gasteiger partial charge is 0.319 e.